The maximum atomic E-state index is 12.4. The molecule has 0 atom stereocenters. The van der Waals surface area contributed by atoms with Crippen molar-refractivity contribution in [2.24, 2.45) is 0 Å². The number of halogens is 2. The van der Waals surface area contributed by atoms with Crippen LogP contribution in [0.25, 0.3) is 11.6 Å². The van der Waals surface area contributed by atoms with Gasteiger partial charge in [0.15, 0.2) is 15.6 Å². The van der Waals surface area contributed by atoms with E-state index in [2.05, 4.69) is 31.4 Å². The number of anilines is 1. The average Bonchev–Trinajstić information content (AvgIpc) is 3.26. The Labute approximate surface area is 179 Å². The molecule has 0 aliphatic rings. The number of carbonyl (C=O) groups excluding carboxylic acids is 1. The molecule has 3 aromatic rings. The molecule has 1 amide bonds. The Balaban J connectivity index is 1.73. The number of benzene rings is 1. The Morgan fingerprint density at radius 1 is 1.36 bits per heavy atom. The number of nitrogens with one attached hydrogen (secondary N) is 1. The molecular formula is C18H18BrClN4O3S. The number of methoxy groups -OCH3 is 1. The predicted molar refractivity (Wildman–Crippen MR) is 113 cm³/mol. The maximum Gasteiger partial charge on any atom is 0.234 e. The fourth-order valence-electron chi connectivity index (χ4n) is 2.54. The molecule has 28 heavy (non-hydrogen) atoms. The van der Waals surface area contributed by atoms with Gasteiger partial charge in [0.05, 0.1) is 18.6 Å². The molecule has 3 rings (SSSR count). The topological polar surface area (TPSA) is 82.2 Å². The van der Waals surface area contributed by atoms with Crippen LogP contribution in [0.1, 0.15) is 19.9 Å². The van der Waals surface area contributed by atoms with Gasteiger partial charge in [0.2, 0.25) is 11.7 Å². The molecule has 0 fully saturated rings. The molecule has 0 aliphatic heterocycles. The van der Waals surface area contributed by atoms with Crippen molar-refractivity contribution in [2.45, 2.75) is 25.0 Å². The number of thioether (sulfide) groups is 1. The van der Waals surface area contributed by atoms with E-state index in [1.807, 2.05) is 24.5 Å². The van der Waals surface area contributed by atoms with Crippen LogP contribution in [0.15, 0.2) is 44.6 Å². The lowest BCUT2D eigenvalue weighted by atomic mass is 10.3. The number of hydrogen-bond acceptors (Lipinski definition) is 6. The molecule has 0 spiro atoms. The van der Waals surface area contributed by atoms with Crippen molar-refractivity contribution in [1.29, 1.82) is 0 Å². The highest BCUT2D eigenvalue weighted by atomic mass is 79.9. The van der Waals surface area contributed by atoms with Crippen LogP contribution in [0.5, 0.6) is 5.75 Å². The summed E-state index contributed by atoms with van der Waals surface area (Å²) in [7, 11) is 1.53. The van der Waals surface area contributed by atoms with Crippen LogP contribution >= 0.6 is 39.3 Å². The Morgan fingerprint density at radius 3 is 2.79 bits per heavy atom. The fourth-order valence-corrected chi connectivity index (χ4v) is 3.88. The summed E-state index contributed by atoms with van der Waals surface area (Å²) < 4.78 is 13.4. The molecule has 1 aromatic carbocycles. The highest BCUT2D eigenvalue weighted by Crippen LogP contribution is 2.31. The van der Waals surface area contributed by atoms with Crippen molar-refractivity contribution >= 4 is 50.9 Å². The number of hydrogen-bond donors (Lipinski definition) is 1. The number of ether oxygens (including phenoxy) is 1. The van der Waals surface area contributed by atoms with Crippen LogP contribution in [-0.4, -0.2) is 33.5 Å². The highest BCUT2D eigenvalue weighted by Gasteiger charge is 2.20. The van der Waals surface area contributed by atoms with Crippen molar-refractivity contribution in [2.75, 3.05) is 18.2 Å². The SMILES string of the molecule is COc1ccc(Cl)cc1NC(=O)CSc1nnc(-c2ccc(Br)o2)n1C(C)C. The van der Waals surface area contributed by atoms with Crippen molar-refractivity contribution in [3.05, 3.63) is 40.0 Å². The first-order chi connectivity index (χ1) is 13.4. The van der Waals surface area contributed by atoms with Gasteiger partial charge in [0, 0.05) is 11.1 Å². The zero-order valence-electron chi connectivity index (χ0n) is 15.4. The quantitative estimate of drug-likeness (QED) is 0.459. The van der Waals surface area contributed by atoms with Gasteiger partial charge in [0.1, 0.15) is 5.75 Å². The van der Waals surface area contributed by atoms with Crippen LogP contribution in [0.4, 0.5) is 5.69 Å². The van der Waals surface area contributed by atoms with E-state index in [0.717, 1.165) is 0 Å². The zero-order valence-corrected chi connectivity index (χ0v) is 18.6. The van der Waals surface area contributed by atoms with E-state index in [9.17, 15) is 4.79 Å². The van der Waals surface area contributed by atoms with Crippen LogP contribution in [0.2, 0.25) is 5.02 Å². The third kappa shape index (κ3) is 4.71. The van der Waals surface area contributed by atoms with Gasteiger partial charge in [0.25, 0.3) is 0 Å². The Morgan fingerprint density at radius 2 is 2.14 bits per heavy atom. The molecular weight excluding hydrogens is 468 g/mol. The number of rotatable bonds is 7. The van der Waals surface area contributed by atoms with Gasteiger partial charge in [-0.15, -0.1) is 10.2 Å². The molecule has 1 N–H and O–H groups in total. The summed E-state index contributed by atoms with van der Waals surface area (Å²) in [5.41, 5.74) is 0.520. The Bertz CT molecular complexity index is 989. The Kier molecular flexibility index (Phi) is 6.69. The lowest BCUT2D eigenvalue weighted by Crippen LogP contribution is -2.15. The van der Waals surface area contributed by atoms with E-state index in [0.29, 0.717) is 37.9 Å². The van der Waals surface area contributed by atoms with Gasteiger partial charge in [-0.25, -0.2) is 0 Å². The zero-order chi connectivity index (χ0) is 20.3. The van der Waals surface area contributed by atoms with Crippen LogP contribution in [0.3, 0.4) is 0 Å². The van der Waals surface area contributed by atoms with Crippen LogP contribution in [0, 0.1) is 0 Å². The van der Waals surface area contributed by atoms with Gasteiger partial charge in [-0.1, -0.05) is 23.4 Å². The second-order valence-electron chi connectivity index (χ2n) is 6.06. The second-order valence-corrected chi connectivity index (χ2v) is 8.22. The molecule has 0 saturated heterocycles. The van der Waals surface area contributed by atoms with E-state index in [1.165, 1.54) is 18.9 Å². The molecule has 10 heteroatoms. The summed E-state index contributed by atoms with van der Waals surface area (Å²) in [6, 6.07) is 8.75. The van der Waals surface area contributed by atoms with Gasteiger partial charge in [-0.05, 0) is 60.1 Å². The van der Waals surface area contributed by atoms with Crippen molar-refractivity contribution in [1.82, 2.24) is 14.8 Å². The summed E-state index contributed by atoms with van der Waals surface area (Å²) >= 11 is 10.6. The summed E-state index contributed by atoms with van der Waals surface area (Å²) in [5, 5.41) is 12.4. The summed E-state index contributed by atoms with van der Waals surface area (Å²) in [6.07, 6.45) is 0. The maximum absolute atomic E-state index is 12.4. The largest absolute Gasteiger partial charge is 0.495 e. The minimum absolute atomic E-state index is 0.0902. The first-order valence-corrected chi connectivity index (χ1v) is 10.5. The third-order valence-corrected chi connectivity index (χ3v) is 5.35. The number of carbonyl (C=O) groups is 1. The molecule has 7 nitrogen and oxygen atoms in total. The highest BCUT2D eigenvalue weighted by molar-refractivity contribution is 9.10. The summed E-state index contributed by atoms with van der Waals surface area (Å²) in [5.74, 6) is 1.71. The minimum Gasteiger partial charge on any atom is -0.495 e. The fraction of sp³-hybridized carbons (Fsp3) is 0.278. The third-order valence-electron chi connectivity index (χ3n) is 3.74. The predicted octanol–water partition coefficient (Wildman–Crippen LogP) is 5.27. The van der Waals surface area contributed by atoms with Crippen molar-refractivity contribution < 1.29 is 13.9 Å². The smallest absolute Gasteiger partial charge is 0.234 e. The van der Waals surface area contributed by atoms with E-state index in [-0.39, 0.29) is 17.7 Å². The van der Waals surface area contributed by atoms with E-state index < -0.39 is 0 Å². The van der Waals surface area contributed by atoms with Crippen molar-refractivity contribution in [3.8, 4) is 17.3 Å². The second kappa shape index (κ2) is 9.02. The number of aromatic nitrogens is 3. The lowest BCUT2D eigenvalue weighted by molar-refractivity contribution is -0.113. The number of nitrogens with zero attached hydrogens (tertiary/aromatic N) is 3. The van der Waals surface area contributed by atoms with E-state index >= 15 is 0 Å². The molecule has 0 unspecified atom stereocenters. The molecule has 0 radical (unpaired) electrons. The van der Waals surface area contributed by atoms with Gasteiger partial charge in [-0.3, -0.25) is 9.36 Å². The van der Waals surface area contributed by atoms with Crippen molar-refractivity contribution in [3.63, 3.8) is 0 Å². The minimum atomic E-state index is -0.203. The van der Waals surface area contributed by atoms with E-state index in [4.69, 9.17) is 20.8 Å². The molecule has 0 bridgehead atoms. The van der Waals surface area contributed by atoms with E-state index in [1.54, 1.807) is 24.3 Å². The first-order valence-electron chi connectivity index (χ1n) is 8.36. The van der Waals surface area contributed by atoms with Gasteiger partial charge in [-0.2, -0.15) is 0 Å². The molecule has 0 saturated carbocycles. The molecule has 0 aliphatic carbocycles. The number of amides is 1. The average molecular weight is 486 g/mol. The standard InChI is InChI=1S/C18H18BrClN4O3S/c1-10(2)24-17(14-6-7-15(19)27-14)22-23-18(24)28-9-16(25)21-12-8-11(20)4-5-13(12)26-3/h4-8,10H,9H2,1-3H3,(H,21,25). The summed E-state index contributed by atoms with van der Waals surface area (Å²) in [6.45, 7) is 4.04. The number of furan rings is 1. The normalized spacial score (nSPS) is 11.1. The van der Waals surface area contributed by atoms with Gasteiger partial charge < -0.3 is 14.5 Å². The lowest BCUT2D eigenvalue weighted by Gasteiger charge is -2.13. The van der Waals surface area contributed by atoms with Crippen LogP contribution in [-0.2, 0) is 4.79 Å². The molecule has 148 valence electrons. The Hall–Kier alpha value is -1.97. The monoisotopic (exact) mass is 484 g/mol. The molecule has 2 heterocycles. The van der Waals surface area contributed by atoms with Crippen LogP contribution < -0.4 is 10.1 Å². The first kappa shape index (κ1) is 20.8. The van der Waals surface area contributed by atoms with Gasteiger partial charge >= 0.3 is 0 Å². The summed E-state index contributed by atoms with van der Waals surface area (Å²) in [4.78, 5) is 12.4. The molecule has 2 aromatic heterocycles.